The second-order valence-corrected chi connectivity index (χ2v) is 6.19. The van der Waals surface area contributed by atoms with Crippen LogP contribution in [0.5, 0.6) is 5.88 Å². The molecule has 1 N–H and O–H groups in total. The molecule has 0 fully saturated rings. The van der Waals surface area contributed by atoms with Crippen molar-refractivity contribution in [3.05, 3.63) is 26.2 Å². The van der Waals surface area contributed by atoms with Gasteiger partial charge in [0.25, 0.3) is 5.91 Å². The molecular formula is C12H13BrN4O2S. The zero-order valence-electron chi connectivity index (χ0n) is 10.9. The Morgan fingerprint density at radius 2 is 2.50 bits per heavy atom. The van der Waals surface area contributed by atoms with Gasteiger partial charge in [-0.3, -0.25) is 4.79 Å². The van der Waals surface area contributed by atoms with E-state index in [0.717, 1.165) is 23.7 Å². The molecule has 3 heterocycles. The van der Waals surface area contributed by atoms with E-state index in [0.29, 0.717) is 29.2 Å². The van der Waals surface area contributed by atoms with Crippen molar-refractivity contribution in [2.24, 2.45) is 0 Å². The predicted molar refractivity (Wildman–Crippen MR) is 78.1 cm³/mol. The predicted octanol–water partition coefficient (Wildman–Crippen LogP) is 2.12. The minimum atomic E-state index is -0.227. The van der Waals surface area contributed by atoms with Crippen molar-refractivity contribution in [1.82, 2.24) is 20.1 Å². The average molecular weight is 357 g/mol. The van der Waals surface area contributed by atoms with Gasteiger partial charge in [-0.05, 0) is 22.9 Å². The summed E-state index contributed by atoms with van der Waals surface area (Å²) in [6.45, 7) is 3.77. The van der Waals surface area contributed by atoms with E-state index < -0.39 is 0 Å². The Balaban J connectivity index is 1.72. The first-order valence-corrected chi connectivity index (χ1v) is 7.90. The Morgan fingerprint density at radius 1 is 1.65 bits per heavy atom. The molecule has 0 aromatic carbocycles. The number of ether oxygens (including phenoxy) is 1. The largest absolute Gasteiger partial charge is 0.477 e. The first kappa shape index (κ1) is 13.6. The van der Waals surface area contributed by atoms with E-state index in [9.17, 15) is 4.79 Å². The van der Waals surface area contributed by atoms with Crippen LogP contribution in [-0.4, -0.2) is 27.3 Å². The number of aryl methyl sites for hydroxylation is 2. The van der Waals surface area contributed by atoms with Gasteiger partial charge in [0.1, 0.15) is 9.48 Å². The molecule has 0 spiro atoms. The van der Waals surface area contributed by atoms with E-state index in [1.165, 1.54) is 11.3 Å². The number of nitrogens with one attached hydrogen (secondary N) is 1. The number of hydrogen-bond acceptors (Lipinski definition) is 5. The summed E-state index contributed by atoms with van der Waals surface area (Å²) in [5.41, 5.74) is 1.32. The van der Waals surface area contributed by atoms with Crippen LogP contribution >= 0.6 is 27.3 Å². The van der Waals surface area contributed by atoms with Gasteiger partial charge in [0.05, 0.1) is 13.2 Å². The lowest BCUT2D eigenvalue weighted by Gasteiger charge is -2.14. The topological polar surface area (TPSA) is 69.0 Å². The van der Waals surface area contributed by atoms with Gasteiger partial charge in [0, 0.05) is 24.0 Å². The summed E-state index contributed by atoms with van der Waals surface area (Å²) in [6.07, 6.45) is 0.903. The van der Waals surface area contributed by atoms with Crippen LogP contribution in [0, 0.1) is 6.92 Å². The van der Waals surface area contributed by atoms with Gasteiger partial charge in [-0.1, -0.05) is 0 Å². The average Bonchev–Trinajstić information content (AvgIpc) is 3.01. The molecule has 106 valence electrons. The molecule has 1 aliphatic rings. The number of aromatic nitrogens is 3. The van der Waals surface area contributed by atoms with E-state index in [1.807, 2.05) is 12.3 Å². The molecule has 0 saturated carbocycles. The molecule has 0 atom stereocenters. The fourth-order valence-corrected chi connectivity index (χ4v) is 3.26. The van der Waals surface area contributed by atoms with Crippen LogP contribution in [0.25, 0.3) is 0 Å². The van der Waals surface area contributed by atoms with E-state index in [2.05, 4.69) is 31.3 Å². The van der Waals surface area contributed by atoms with Gasteiger partial charge in [0.15, 0.2) is 5.69 Å². The summed E-state index contributed by atoms with van der Waals surface area (Å²) in [7, 11) is 0. The normalized spacial score (nSPS) is 13.7. The third kappa shape index (κ3) is 2.57. The van der Waals surface area contributed by atoms with Crippen LogP contribution in [0.4, 0.5) is 0 Å². The molecule has 1 amide bonds. The number of nitrogens with zero attached hydrogens (tertiary/aromatic N) is 3. The lowest BCUT2D eigenvalue weighted by Crippen LogP contribution is -2.23. The molecule has 1 aliphatic heterocycles. The summed E-state index contributed by atoms with van der Waals surface area (Å²) < 4.78 is 7.85. The van der Waals surface area contributed by atoms with Gasteiger partial charge < -0.3 is 10.1 Å². The highest BCUT2D eigenvalue weighted by Gasteiger charge is 2.24. The second-order valence-electron chi connectivity index (χ2n) is 4.46. The second kappa shape index (κ2) is 5.53. The van der Waals surface area contributed by atoms with Crippen LogP contribution in [0.3, 0.4) is 0 Å². The van der Waals surface area contributed by atoms with Crippen molar-refractivity contribution in [3.63, 3.8) is 0 Å². The summed E-state index contributed by atoms with van der Waals surface area (Å²) in [4.78, 5) is 16.5. The smallest absolute Gasteiger partial charge is 0.273 e. The summed E-state index contributed by atoms with van der Waals surface area (Å²) >= 11 is 4.92. The highest BCUT2D eigenvalue weighted by Crippen LogP contribution is 2.31. The van der Waals surface area contributed by atoms with E-state index >= 15 is 0 Å². The Morgan fingerprint density at radius 3 is 3.20 bits per heavy atom. The molecule has 8 heteroatoms. The Bertz CT molecular complexity index is 652. The summed E-state index contributed by atoms with van der Waals surface area (Å²) in [6, 6.07) is 0. The molecule has 2 aromatic rings. The quantitative estimate of drug-likeness (QED) is 0.914. The fourth-order valence-electron chi connectivity index (χ4n) is 1.97. The molecule has 2 aromatic heterocycles. The molecule has 0 bridgehead atoms. The number of carbonyl (C=O) groups is 1. The highest BCUT2D eigenvalue weighted by atomic mass is 79.9. The molecule has 20 heavy (non-hydrogen) atoms. The maximum atomic E-state index is 12.2. The number of amides is 1. The molecule has 6 nitrogen and oxygen atoms in total. The van der Waals surface area contributed by atoms with Gasteiger partial charge in [-0.15, -0.1) is 11.3 Å². The lowest BCUT2D eigenvalue weighted by molar-refractivity contribution is 0.0944. The van der Waals surface area contributed by atoms with Crippen molar-refractivity contribution in [2.75, 3.05) is 6.61 Å². The van der Waals surface area contributed by atoms with Gasteiger partial charge in [0.2, 0.25) is 5.88 Å². The molecule has 3 rings (SSSR count). The van der Waals surface area contributed by atoms with E-state index in [4.69, 9.17) is 4.74 Å². The van der Waals surface area contributed by atoms with Crippen molar-refractivity contribution < 1.29 is 9.53 Å². The number of thiazole rings is 1. The highest BCUT2D eigenvalue weighted by molar-refractivity contribution is 9.10. The number of halogens is 1. The van der Waals surface area contributed by atoms with Gasteiger partial charge in [-0.2, -0.15) is 5.10 Å². The molecular weight excluding hydrogens is 344 g/mol. The number of fused-ring (bicyclic) bond motifs is 1. The monoisotopic (exact) mass is 356 g/mol. The van der Waals surface area contributed by atoms with Crippen LogP contribution in [0.2, 0.25) is 0 Å². The minimum absolute atomic E-state index is 0.227. The number of carbonyl (C=O) groups excluding carboxylic acids is 1. The zero-order valence-corrected chi connectivity index (χ0v) is 13.3. The summed E-state index contributed by atoms with van der Waals surface area (Å²) in [5.74, 6) is 0.404. The molecule has 0 aliphatic carbocycles. The van der Waals surface area contributed by atoms with Crippen LogP contribution in [0.1, 0.15) is 27.6 Å². The maximum absolute atomic E-state index is 12.2. The van der Waals surface area contributed by atoms with E-state index in [1.54, 1.807) is 4.68 Å². The lowest BCUT2D eigenvalue weighted by atomic mass is 10.4. The van der Waals surface area contributed by atoms with Crippen molar-refractivity contribution in [2.45, 2.75) is 26.4 Å². The third-order valence-electron chi connectivity index (χ3n) is 2.89. The van der Waals surface area contributed by atoms with Crippen molar-refractivity contribution in [1.29, 1.82) is 0 Å². The van der Waals surface area contributed by atoms with Crippen LogP contribution < -0.4 is 10.1 Å². The Kier molecular flexibility index (Phi) is 3.75. The van der Waals surface area contributed by atoms with E-state index in [-0.39, 0.29) is 5.91 Å². The first-order valence-electron chi connectivity index (χ1n) is 6.23. The minimum Gasteiger partial charge on any atom is -0.477 e. The van der Waals surface area contributed by atoms with Gasteiger partial charge in [-0.25, -0.2) is 9.67 Å². The zero-order chi connectivity index (χ0) is 14.1. The number of hydrogen-bond donors (Lipinski definition) is 1. The van der Waals surface area contributed by atoms with Crippen molar-refractivity contribution >= 4 is 33.2 Å². The maximum Gasteiger partial charge on any atom is 0.273 e. The molecule has 0 radical (unpaired) electrons. The Hall–Kier alpha value is -1.41. The van der Waals surface area contributed by atoms with Crippen LogP contribution in [0.15, 0.2) is 9.85 Å². The van der Waals surface area contributed by atoms with Crippen molar-refractivity contribution in [3.8, 4) is 5.88 Å². The fraction of sp³-hybridized carbons (Fsp3) is 0.417. The molecule has 0 saturated heterocycles. The molecule has 0 unspecified atom stereocenters. The standard InChI is InChI=1S/C12H13BrN4O2S/c1-7-6-20-8(15-7)5-14-11(18)10-9(13)12-17(16-10)3-2-4-19-12/h6H,2-5H2,1H3,(H,14,18). The SMILES string of the molecule is Cc1csc(CNC(=O)c2nn3c(c2Br)OCCC3)n1. The van der Waals surface area contributed by atoms with Crippen LogP contribution in [-0.2, 0) is 13.1 Å². The third-order valence-corrected chi connectivity index (χ3v) is 4.57. The number of rotatable bonds is 3. The summed E-state index contributed by atoms with van der Waals surface area (Å²) in [5, 5.41) is 9.95. The van der Waals surface area contributed by atoms with Gasteiger partial charge >= 0.3 is 0 Å². The Labute approximate surface area is 128 Å². The first-order chi connectivity index (χ1) is 9.65.